The van der Waals surface area contributed by atoms with Gasteiger partial charge in [0, 0.05) is 12.6 Å². The van der Waals surface area contributed by atoms with Crippen LogP contribution in [-0.2, 0) is 4.74 Å². The second-order valence-corrected chi connectivity index (χ2v) is 6.41. The third-order valence-corrected chi connectivity index (χ3v) is 4.85. The molecule has 1 saturated carbocycles. The molecule has 0 spiro atoms. The van der Waals surface area contributed by atoms with E-state index in [2.05, 4.69) is 49.5 Å². The minimum atomic E-state index is 0.234. The van der Waals surface area contributed by atoms with Crippen molar-refractivity contribution >= 4 is 0 Å². The smallest absolute Gasteiger partial charge is 0.0953 e. The highest BCUT2D eigenvalue weighted by molar-refractivity contribution is 5.18. The molecule has 1 aromatic carbocycles. The normalized spacial score (nSPS) is 35.1. The summed E-state index contributed by atoms with van der Waals surface area (Å²) in [5.41, 5.74) is 1.31. The van der Waals surface area contributed by atoms with Crippen molar-refractivity contribution in [3.63, 3.8) is 0 Å². The van der Waals surface area contributed by atoms with Crippen molar-refractivity contribution in [3.05, 3.63) is 35.9 Å². The molecule has 0 bridgehead atoms. The topological polar surface area (TPSA) is 21.3 Å². The number of benzene rings is 1. The van der Waals surface area contributed by atoms with Crippen LogP contribution in [0.4, 0.5) is 0 Å². The summed E-state index contributed by atoms with van der Waals surface area (Å²) in [5.74, 6) is 1.67. The average Bonchev–Trinajstić information content (AvgIpc) is 2.47. The Morgan fingerprint density at radius 3 is 2.68 bits per heavy atom. The highest BCUT2D eigenvalue weighted by atomic mass is 16.5. The number of hydrogen-bond donors (Lipinski definition) is 1. The first-order valence-corrected chi connectivity index (χ1v) is 7.68. The molecule has 2 heteroatoms. The van der Waals surface area contributed by atoms with E-state index in [0.717, 1.165) is 18.4 Å². The predicted octanol–water partition coefficient (Wildman–Crippen LogP) is 3.54. The summed E-state index contributed by atoms with van der Waals surface area (Å²) >= 11 is 0. The molecule has 4 atom stereocenters. The fourth-order valence-electron chi connectivity index (χ4n) is 3.54. The lowest BCUT2D eigenvalue weighted by Gasteiger charge is -2.44. The Morgan fingerprint density at radius 2 is 1.95 bits per heavy atom. The first kappa shape index (κ1) is 13.1. The fraction of sp³-hybridized carbons (Fsp3) is 0.647. The van der Waals surface area contributed by atoms with Crippen LogP contribution >= 0.6 is 0 Å². The molecule has 1 N–H and O–H groups in total. The minimum Gasteiger partial charge on any atom is -0.367 e. The quantitative estimate of drug-likeness (QED) is 0.877. The number of nitrogens with one attached hydrogen (secondary N) is 1. The van der Waals surface area contributed by atoms with Crippen molar-refractivity contribution in [3.8, 4) is 0 Å². The summed E-state index contributed by atoms with van der Waals surface area (Å²) in [5, 5.41) is 3.73. The van der Waals surface area contributed by atoms with Gasteiger partial charge in [0.2, 0.25) is 0 Å². The molecule has 4 unspecified atom stereocenters. The highest BCUT2D eigenvalue weighted by Gasteiger charge is 2.37. The van der Waals surface area contributed by atoms with Crippen LogP contribution < -0.4 is 5.32 Å². The van der Waals surface area contributed by atoms with Gasteiger partial charge in [-0.25, -0.2) is 0 Å². The Hall–Kier alpha value is -0.860. The Balaban J connectivity index is 1.64. The third-order valence-electron chi connectivity index (χ3n) is 4.85. The highest BCUT2D eigenvalue weighted by Crippen LogP contribution is 2.36. The Morgan fingerprint density at radius 1 is 1.16 bits per heavy atom. The zero-order chi connectivity index (χ0) is 13.2. The van der Waals surface area contributed by atoms with Gasteiger partial charge in [-0.15, -0.1) is 0 Å². The summed E-state index contributed by atoms with van der Waals surface area (Å²) in [4.78, 5) is 0. The number of ether oxygens (including phenoxy) is 1. The molecular formula is C17H25NO. The second-order valence-electron chi connectivity index (χ2n) is 6.41. The van der Waals surface area contributed by atoms with Crippen LogP contribution in [0.15, 0.2) is 30.3 Å². The van der Waals surface area contributed by atoms with Crippen LogP contribution in [0.1, 0.15) is 44.8 Å². The van der Waals surface area contributed by atoms with Gasteiger partial charge in [0.05, 0.1) is 12.2 Å². The van der Waals surface area contributed by atoms with E-state index in [1.54, 1.807) is 0 Å². The molecule has 1 heterocycles. The first-order valence-electron chi connectivity index (χ1n) is 7.68. The minimum absolute atomic E-state index is 0.234. The van der Waals surface area contributed by atoms with Gasteiger partial charge in [-0.2, -0.15) is 0 Å². The molecule has 19 heavy (non-hydrogen) atoms. The van der Waals surface area contributed by atoms with Crippen LogP contribution in [0.3, 0.4) is 0 Å². The van der Waals surface area contributed by atoms with Gasteiger partial charge in [0.25, 0.3) is 0 Å². The van der Waals surface area contributed by atoms with Crippen LogP contribution in [0.25, 0.3) is 0 Å². The molecule has 2 fully saturated rings. The van der Waals surface area contributed by atoms with Crippen molar-refractivity contribution in [2.75, 3.05) is 6.54 Å². The lowest BCUT2D eigenvalue weighted by molar-refractivity contribution is -0.0896. The molecule has 2 aliphatic rings. The van der Waals surface area contributed by atoms with E-state index >= 15 is 0 Å². The Labute approximate surface area is 116 Å². The number of rotatable bonds is 2. The SMILES string of the molecule is CC(C)C1CCC2OC(c3ccccc3)CNC2C1. The predicted molar refractivity (Wildman–Crippen MR) is 78.0 cm³/mol. The number of hydrogen-bond acceptors (Lipinski definition) is 2. The van der Waals surface area contributed by atoms with Crippen LogP contribution in [-0.4, -0.2) is 18.7 Å². The molecule has 2 nitrogen and oxygen atoms in total. The Kier molecular flexibility index (Phi) is 3.90. The zero-order valence-electron chi connectivity index (χ0n) is 12.0. The maximum Gasteiger partial charge on any atom is 0.0953 e. The summed E-state index contributed by atoms with van der Waals surface area (Å²) in [7, 11) is 0. The van der Waals surface area contributed by atoms with Gasteiger partial charge in [0.1, 0.15) is 0 Å². The molecule has 1 aromatic rings. The molecule has 104 valence electrons. The zero-order valence-corrected chi connectivity index (χ0v) is 12.0. The third kappa shape index (κ3) is 2.85. The standard InChI is InChI=1S/C17H25NO/c1-12(2)14-8-9-16-15(10-14)18-11-17(19-16)13-6-4-3-5-7-13/h3-7,12,14-18H,8-11H2,1-2H3. The second kappa shape index (κ2) is 5.64. The average molecular weight is 259 g/mol. The largest absolute Gasteiger partial charge is 0.367 e. The van der Waals surface area contributed by atoms with E-state index in [1.807, 2.05) is 0 Å². The molecule has 1 aliphatic heterocycles. The molecule has 3 rings (SSSR count). The van der Waals surface area contributed by atoms with Crippen molar-refractivity contribution in [1.82, 2.24) is 5.32 Å². The van der Waals surface area contributed by atoms with E-state index in [-0.39, 0.29) is 6.10 Å². The van der Waals surface area contributed by atoms with Crippen molar-refractivity contribution in [1.29, 1.82) is 0 Å². The van der Waals surface area contributed by atoms with Crippen molar-refractivity contribution in [2.24, 2.45) is 11.8 Å². The lowest BCUT2D eigenvalue weighted by Crippen LogP contribution is -2.52. The van der Waals surface area contributed by atoms with Gasteiger partial charge in [-0.3, -0.25) is 0 Å². The Bertz CT molecular complexity index is 403. The van der Waals surface area contributed by atoms with Crippen LogP contribution in [0.5, 0.6) is 0 Å². The molecule has 0 aromatic heterocycles. The van der Waals surface area contributed by atoms with E-state index < -0.39 is 0 Å². The summed E-state index contributed by atoms with van der Waals surface area (Å²) in [6.45, 7) is 5.65. The molecule has 1 aliphatic carbocycles. The van der Waals surface area contributed by atoms with Gasteiger partial charge in [-0.1, -0.05) is 44.2 Å². The van der Waals surface area contributed by atoms with E-state index in [4.69, 9.17) is 4.74 Å². The summed E-state index contributed by atoms with van der Waals surface area (Å²) < 4.78 is 6.34. The van der Waals surface area contributed by atoms with Crippen LogP contribution in [0.2, 0.25) is 0 Å². The van der Waals surface area contributed by atoms with Gasteiger partial charge < -0.3 is 10.1 Å². The van der Waals surface area contributed by atoms with E-state index in [1.165, 1.54) is 24.8 Å². The number of fused-ring (bicyclic) bond motifs is 1. The lowest BCUT2D eigenvalue weighted by atomic mass is 9.77. The van der Waals surface area contributed by atoms with Crippen molar-refractivity contribution in [2.45, 2.75) is 51.4 Å². The maximum absolute atomic E-state index is 6.34. The molecule has 0 radical (unpaired) electrons. The van der Waals surface area contributed by atoms with Gasteiger partial charge in [0.15, 0.2) is 0 Å². The molecule has 0 amide bonds. The van der Waals surface area contributed by atoms with Crippen LogP contribution in [0, 0.1) is 11.8 Å². The van der Waals surface area contributed by atoms with E-state index in [9.17, 15) is 0 Å². The van der Waals surface area contributed by atoms with Gasteiger partial charge in [-0.05, 0) is 36.7 Å². The summed E-state index contributed by atoms with van der Waals surface area (Å²) in [6.07, 6.45) is 4.46. The van der Waals surface area contributed by atoms with Gasteiger partial charge >= 0.3 is 0 Å². The van der Waals surface area contributed by atoms with E-state index in [0.29, 0.717) is 12.1 Å². The first-order chi connectivity index (χ1) is 9.24. The maximum atomic E-state index is 6.34. The molecular weight excluding hydrogens is 234 g/mol. The summed E-state index contributed by atoms with van der Waals surface area (Å²) in [6, 6.07) is 11.2. The fourth-order valence-corrected chi connectivity index (χ4v) is 3.54. The monoisotopic (exact) mass is 259 g/mol. The van der Waals surface area contributed by atoms with Crippen molar-refractivity contribution < 1.29 is 4.74 Å². The molecule has 1 saturated heterocycles. The number of morpholine rings is 1.